The highest BCUT2D eigenvalue weighted by Crippen LogP contribution is 2.38. The van der Waals surface area contributed by atoms with Gasteiger partial charge in [0.25, 0.3) is 7.82 Å². The lowest BCUT2D eigenvalue weighted by Crippen LogP contribution is -2.37. The number of likely N-dealkylation sites (N-methyl/N-ethyl adjacent to an activating group) is 1. The van der Waals surface area contributed by atoms with E-state index in [-0.39, 0.29) is 26.1 Å². The van der Waals surface area contributed by atoms with Crippen LogP contribution in [0.3, 0.4) is 0 Å². The number of hydrogen-bond acceptors (Lipinski definition) is 8. The Balaban J connectivity index is 4.25. The number of carbonyl (C=O) groups excluding carboxylic acids is 2. The Bertz CT molecular complexity index is 1010. The Morgan fingerprint density at radius 2 is 0.929 bits per heavy atom. The fourth-order valence-corrected chi connectivity index (χ4v) is 7.01. The second-order valence-corrected chi connectivity index (χ2v) is 18.2. The van der Waals surface area contributed by atoms with Gasteiger partial charge in [-0.05, 0) is 57.8 Å². The van der Waals surface area contributed by atoms with Crippen LogP contribution in [0.1, 0.15) is 206 Å². The van der Waals surface area contributed by atoms with Crippen molar-refractivity contribution in [3.63, 3.8) is 0 Å². The molecule has 0 aliphatic carbocycles. The quantitative estimate of drug-likeness (QED) is 0.0197. The Kier molecular flexibility index (Phi) is 37.9. The van der Waals surface area contributed by atoms with Gasteiger partial charge in [-0.2, -0.15) is 0 Å². The standard InChI is InChI=1S/C46H88NO8P/c1-6-8-10-12-14-16-18-19-20-21-22-23-24-25-26-27-29-31-33-35-37-39-46(49)55-44(43-54-56(50,51)53-41-40-47(3,4)5)42-52-45(48)38-36-34-32-30-28-17-15-13-11-9-7-2/h13,15,19-20,44H,6-12,14,16-18,21-43H2,1-5H3/b15-13-,20-19-/t44-/m1/s1. The smallest absolute Gasteiger partial charge is 0.306 e. The molecule has 0 saturated heterocycles. The first-order valence-corrected chi connectivity index (χ1v) is 24.5. The van der Waals surface area contributed by atoms with Gasteiger partial charge in [0.05, 0.1) is 27.7 Å². The molecule has 0 spiro atoms. The summed E-state index contributed by atoms with van der Waals surface area (Å²) >= 11 is 0. The summed E-state index contributed by atoms with van der Waals surface area (Å²) in [5, 5.41) is 0. The highest BCUT2D eigenvalue weighted by atomic mass is 31.2. The molecule has 0 N–H and O–H groups in total. The molecule has 0 aromatic carbocycles. The number of rotatable bonds is 42. The summed E-state index contributed by atoms with van der Waals surface area (Å²) < 4.78 is 33.9. The maximum absolute atomic E-state index is 12.7. The molecule has 56 heavy (non-hydrogen) atoms. The Hall–Kier alpha value is -1.51. The minimum absolute atomic E-state index is 0.0309. The number of quaternary nitrogens is 1. The van der Waals surface area contributed by atoms with Gasteiger partial charge in [-0.15, -0.1) is 0 Å². The first-order valence-electron chi connectivity index (χ1n) is 23.0. The highest BCUT2D eigenvalue weighted by Gasteiger charge is 2.21. The summed E-state index contributed by atoms with van der Waals surface area (Å²) in [7, 11) is 1.16. The number of nitrogens with zero attached hydrogens (tertiary/aromatic N) is 1. The van der Waals surface area contributed by atoms with E-state index in [9.17, 15) is 19.0 Å². The number of hydrogen-bond donors (Lipinski definition) is 0. The minimum Gasteiger partial charge on any atom is -0.756 e. The molecule has 10 heteroatoms. The van der Waals surface area contributed by atoms with E-state index in [1.54, 1.807) is 0 Å². The molecule has 1 unspecified atom stereocenters. The monoisotopic (exact) mass is 814 g/mol. The fourth-order valence-electron chi connectivity index (χ4n) is 6.28. The lowest BCUT2D eigenvalue weighted by atomic mass is 10.0. The average molecular weight is 814 g/mol. The molecule has 0 fully saturated rings. The van der Waals surface area contributed by atoms with E-state index in [0.717, 1.165) is 64.2 Å². The van der Waals surface area contributed by atoms with Gasteiger partial charge in [0.1, 0.15) is 19.8 Å². The Labute approximate surface area is 345 Å². The molecule has 0 aromatic heterocycles. The predicted octanol–water partition coefficient (Wildman–Crippen LogP) is 12.5. The number of allylic oxidation sites excluding steroid dienone is 4. The van der Waals surface area contributed by atoms with Crippen molar-refractivity contribution in [2.24, 2.45) is 0 Å². The summed E-state index contributed by atoms with van der Waals surface area (Å²) in [6.07, 6.45) is 42.1. The van der Waals surface area contributed by atoms with E-state index in [1.165, 1.54) is 109 Å². The zero-order valence-electron chi connectivity index (χ0n) is 37.1. The van der Waals surface area contributed by atoms with E-state index in [4.69, 9.17) is 18.5 Å². The third kappa shape index (κ3) is 42.1. The summed E-state index contributed by atoms with van der Waals surface area (Å²) in [6, 6.07) is 0. The van der Waals surface area contributed by atoms with Gasteiger partial charge in [0.15, 0.2) is 6.10 Å². The molecule has 330 valence electrons. The average Bonchev–Trinajstić information content (AvgIpc) is 3.15. The molecule has 0 radical (unpaired) electrons. The van der Waals surface area contributed by atoms with Crippen molar-refractivity contribution in [3.8, 4) is 0 Å². The topological polar surface area (TPSA) is 111 Å². The lowest BCUT2D eigenvalue weighted by Gasteiger charge is -2.28. The number of esters is 2. The molecule has 9 nitrogen and oxygen atoms in total. The largest absolute Gasteiger partial charge is 0.756 e. The number of phosphoric acid groups is 1. The van der Waals surface area contributed by atoms with Crippen molar-refractivity contribution in [2.75, 3.05) is 47.5 Å². The molecule has 0 heterocycles. The van der Waals surface area contributed by atoms with Gasteiger partial charge in [-0.3, -0.25) is 14.2 Å². The minimum atomic E-state index is -4.62. The van der Waals surface area contributed by atoms with Crippen molar-refractivity contribution in [3.05, 3.63) is 24.3 Å². The van der Waals surface area contributed by atoms with Crippen LogP contribution in [0.4, 0.5) is 0 Å². The summed E-state index contributed by atoms with van der Waals surface area (Å²) in [4.78, 5) is 37.5. The summed E-state index contributed by atoms with van der Waals surface area (Å²) in [5.41, 5.74) is 0. The van der Waals surface area contributed by atoms with Crippen LogP contribution in [0, 0.1) is 0 Å². The van der Waals surface area contributed by atoms with Crippen LogP contribution in [0.15, 0.2) is 24.3 Å². The van der Waals surface area contributed by atoms with Crippen LogP contribution in [0.25, 0.3) is 0 Å². The first kappa shape index (κ1) is 54.5. The van der Waals surface area contributed by atoms with Crippen LogP contribution in [-0.4, -0.2) is 70.0 Å². The van der Waals surface area contributed by atoms with Gasteiger partial charge in [0, 0.05) is 12.8 Å². The van der Waals surface area contributed by atoms with Crippen molar-refractivity contribution < 1.29 is 42.1 Å². The van der Waals surface area contributed by atoms with E-state index >= 15 is 0 Å². The van der Waals surface area contributed by atoms with Crippen LogP contribution in [-0.2, 0) is 32.7 Å². The molecule has 0 saturated carbocycles. The predicted molar refractivity (Wildman–Crippen MR) is 231 cm³/mol. The van der Waals surface area contributed by atoms with Crippen molar-refractivity contribution in [1.82, 2.24) is 0 Å². The second-order valence-electron chi connectivity index (χ2n) is 16.8. The molecule has 0 aromatic rings. The van der Waals surface area contributed by atoms with Crippen LogP contribution < -0.4 is 4.89 Å². The van der Waals surface area contributed by atoms with Crippen molar-refractivity contribution in [1.29, 1.82) is 0 Å². The van der Waals surface area contributed by atoms with E-state index < -0.39 is 32.5 Å². The Morgan fingerprint density at radius 1 is 0.536 bits per heavy atom. The Morgan fingerprint density at radius 3 is 1.38 bits per heavy atom. The van der Waals surface area contributed by atoms with Gasteiger partial charge in [-0.1, -0.05) is 160 Å². The maximum Gasteiger partial charge on any atom is 0.306 e. The van der Waals surface area contributed by atoms with E-state index in [0.29, 0.717) is 17.4 Å². The molecule has 0 aliphatic rings. The molecule has 2 atom stereocenters. The van der Waals surface area contributed by atoms with Gasteiger partial charge < -0.3 is 27.9 Å². The SMILES string of the molecule is CCCC/C=C\CCCCCCCC(=O)OC[C@H](COP(=O)([O-])OCC[N+](C)(C)C)OC(=O)CCCCCCCCCCCCC/C=C\CCCCCCCC. The fraction of sp³-hybridized carbons (Fsp3) is 0.870. The number of phosphoric ester groups is 1. The van der Waals surface area contributed by atoms with Crippen molar-refractivity contribution in [2.45, 2.75) is 213 Å². The van der Waals surface area contributed by atoms with E-state index in [2.05, 4.69) is 38.2 Å². The zero-order valence-corrected chi connectivity index (χ0v) is 38.0. The first-order chi connectivity index (χ1) is 27.0. The molecule has 0 rings (SSSR count). The third-order valence-electron chi connectivity index (χ3n) is 9.94. The normalized spacial score (nSPS) is 13.8. The van der Waals surface area contributed by atoms with Gasteiger partial charge in [-0.25, -0.2) is 0 Å². The molecular weight excluding hydrogens is 725 g/mol. The summed E-state index contributed by atoms with van der Waals surface area (Å²) in [5.74, 6) is -0.842. The number of ether oxygens (including phenoxy) is 2. The number of unbranched alkanes of at least 4 members (excludes halogenated alkanes) is 24. The lowest BCUT2D eigenvalue weighted by molar-refractivity contribution is -0.870. The molecular formula is C46H88NO8P. The maximum atomic E-state index is 12.7. The molecule has 0 aliphatic heterocycles. The highest BCUT2D eigenvalue weighted by molar-refractivity contribution is 7.45. The van der Waals surface area contributed by atoms with Gasteiger partial charge >= 0.3 is 11.9 Å². The zero-order chi connectivity index (χ0) is 41.4. The van der Waals surface area contributed by atoms with Crippen molar-refractivity contribution >= 4 is 19.8 Å². The van der Waals surface area contributed by atoms with E-state index in [1.807, 2.05) is 21.1 Å². The van der Waals surface area contributed by atoms with Gasteiger partial charge in [0.2, 0.25) is 0 Å². The molecule has 0 amide bonds. The van der Waals surface area contributed by atoms with Crippen LogP contribution in [0.2, 0.25) is 0 Å². The van der Waals surface area contributed by atoms with Crippen LogP contribution in [0.5, 0.6) is 0 Å². The van der Waals surface area contributed by atoms with Crippen LogP contribution >= 0.6 is 7.82 Å². The second kappa shape index (κ2) is 39.0. The third-order valence-corrected chi connectivity index (χ3v) is 10.9. The number of carbonyl (C=O) groups is 2. The summed E-state index contributed by atoms with van der Waals surface area (Å²) in [6.45, 7) is 4.19. The molecule has 0 bridgehead atoms.